The number of hydroxylamine groups is 3. The highest BCUT2D eigenvalue weighted by atomic mass is 16.7. The molecule has 1 heterocycles. The molecule has 2 rings (SSSR count). The van der Waals surface area contributed by atoms with E-state index < -0.39 is 18.1 Å². The van der Waals surface area contributed by atoms with E-state index in [0.29, 0.717) is 24.0 Å². The summed E-state index contributed by atoms with van der Waals surface area (Å²) in [6.45, 7) is 0.290. The highest BCUT2D eigenvalue weighted by Crippen LogP contribution is 2.20. The molecule has 1 saturated heterocycles. The lowest BCUT2D eigenvalue weighted by Gasteiger charge is -2.35. The van der Waals surface area contributed by atoms with Gasteiger partial charge in [0.25, 0.3) is 5.91 Å². The monoisotopic (exact) mass is 291 g/mol. The van der Waals surface area contributed by atoms with E-state index in [0.717, 1.165) is 0 Å². The Labute approximate surface area is 122 Å². The van der Waals surface area contributed by atoms with Crippen molar-refractivity contribution in [2.45, 2.75) is 31.6 Å². The maximum Gasteiger partial charge on any atom is 0.263 e. The Kier molecular flexibility index (Phi) is 5.25. The number of benzene rings is 1. The summed E-state index contributed by atoms with van der Waals surface area (Å²) in [5.41, 5.74) is 2.80. The molecule has 112 valence electrons. The number of aliphatic hydroxyl groups excluding tert-OH is 1. The third-order valence-corrected chi connectivity index (χ3v) is 3.45. The van der Waals surface area contributed by atoms with Gasteiger partial charge in [-0.15, -0.1) is 0 Å². The maximum absolute atomic E-state index is 11.6. The molecule has 1 aliphatic rings. The highest BCUT2D eigenvalue weighted by Gasteiger charge is 2.33. The first-order valence-electron chi connectivity index (χ1n) is 6.65. The standard InChI is InChI=1S/C14H17N3O4/c15-7-10-3-1-2-4-11(10)9-21-17-8-12(18)5-6-13(17)14(19)16-20/h1-4,12-13,18,20H,5-6,8-9H2,(H,16,19)/t12-,13-/m1/s1. The normalized spacial score (nSPS) is 22.5. The van der Waals surface area contributed by atoms with Gasteiger partial charge in [-0.3, -0.25) is 14.8 Å². The topological polar surface area (TPSA) is 106 Å². The number of carbonyl (C=O) groups is 1. The number of aliphatic hydroxyl groups is 1. The summed E-state index contributed by atoms with van der Waals surface area (Å²) in [6, 6.07) is 8.41. The molecule has 3 N–H and O–H groups in total. The van der Waals surface area contributed by atoms with Gasteiger partial charge in [-0.2, -0.15) is 10.3 Å². The van der Waals surface area contributed by atoms with Gasteiger partial charge in [0.05, 0.1) is 30.9 Å². The Morgan fingerprint density at radius 3 is 2.95 bits per heavy atom. The van der Waals surface area contributed by atoms with Crippen LogP contribution < -0.4 is 5.48 Å². The van der Waals surface area contributed by atoms with Crippen molar-refractivity contribution in [1.29, 1.82) is 5.26 Å². The van der Waals surface area contributed by atoms with Crippen molar-refractivity contribution in [3.63, 3.8) is 0 Å². The Morgan fingerprint density at radius 2 is 2.24 bits per heavy atom. The first-order chi connectivity index (χ1) is 10.2. The summed E-state index contributed by atoms with van der Waals surface area (Å²) in [6.07, 6.45) is 0.263. The summed E-state index contributed by atoms with van der Waals surface area (Å²) in [4.78, 5) is 17.2. The third kappa shape index (κ3) is 3.77. The molecule has 1 aromatic rings. The van der Waals surface area contributed by atoms with E-state index in [9.17, 15) is 9.90 Å². The number of hydrogen-bond acceptors (Lipinski definition) is 6. The Balaban J connectivity index is 2.05. The van der Waals surface area contributed by atoms with Gasteiger partial charge in [0.1, 0.15) is 6.04 Å². The molecule has 1 amide bonds. The molecule has 1 fully saturated rings. The molecule has 21 heavy (non-hydrogen) atoms. The van der Waals surface area contributed by atoms with E-state index in [1.54, 1.807) is 29.7 Å². The average Bonchev–Trinajstić information content (AvgIpc) is 2.52. The molecule has 0 radical (unpaired) electrons. The van der Waals surface area contributed by atoms with E-state index in [2.05, 4.69) is 6.07 Å². The van der Waals surface area contributed by atoms with E-state index in [-0.39, 0.29) is 13.2 Å². The lowest BCUT2D eigenvalue weighted by Crippen LogP contribution is -2.52. The second-order valence-corrected chi connectivity index (χ2v) is 4.87. The fourth-order valence-corrected chi connectivity index (χ4v) is 2.31. The van der Waals surface area contributed by atoms with Crippen LogP contribution in [0.3, 0.4) is 0 Å². The molecule has 7 heteroatoms. The van der Waals surface area contributed by atoms with Crippen LogP contribution in [0.25, 0.3) is 0 Å². The van der Waals surface area contributed by atoms with Gasteiger partial charge in [0.2, 0.25) is 0 Å². The smallest absolute Gasteiger partial charge is 0.263 e. The molecule has 0 saturated carbocycles. The second kappa shape index (κ2) is 7.15. The molecule has 0 spiro atoms. The van der Waals surface area contributed by atoms with Crippen molar-refractivity contribution in [1.82, 2.24) is 10.5 Å². The fraction of sp³-hybridized carbons (Fsp3) is 0.429. The average molecular weight is 291 g/mol. The van der Waals surface area contributed by atoms with Gasteiger partial charge in [-0.05, 0) is 24.5 Å². The molecule has 1 aromatic carbocycles. The van der Waals surface area contributed by atoms with Crippen molar-refractivity contribution < 1.29 is 19.9 Å². The van der Waals surface area contributed by atoms with Gasteiger partial charge < -0.3 is 5.11 Å². The van der Waals surface area contributed by atoms with Crippen LogP contribution in [-0.2, 0) is 16.2 Å². The van der Waals surface area contributed by atoms with Crippen LogP contribution in [0.2, 0.25) is 0 Å². The van der Waals surface area contributed by atoms with Crippen molar-refractivity contribution in [3.05, 3.63) is 35.4 Å². The number of β-amino-alcohol motifs (C(OH)–C–C–N with tert-alkyl or cyclic N) is 1. The summed E-state index contributed by atoms with van der Waals surface area (Å²) < 4.78 is 0. The first-order valence-corrected chi connectivity index (χ1v) is 6.65. The predicted octanol–water partition coefficient (Wildman–Crippen LogP) is 0.321. The zero-order valence-electron chi connectivity index (χ0n) is 11.4. The minimum atomic E-state index is -0.660. The predicted molar refractivity (Wildman–Crippen MR) is 71.6 cm³/mol. The summed E-state index contributed by atoms with van der Waals surface area (Å²) in [5, 5.41) is 28.8. The molecule has 2 atom stereocenters. The third-order valence-electron chi connectivity index (χ3n) is 3.45. The van der Waals surface area contributed by atoms with E-state index >= 15 is 0 Å². The number of amides is 1. The van der Waals surface area contributed by atoms with E-state index in [1.165, 1.54) is 5.06 Å². The summed E-state index contributed by atoms with van der Waals surface area (Å²) in [7, 11) is 0. The van der Waals surface area contributed by atoms with Gasteiger partial charge in [-0.1, -0.05) is 18.2 Å². The van der Waals surface area contributed by atoms with Gasteiger partial charge in [-0.25, -0.2) is 5.48 Å². The van der Waals surface area contributed by atoms with Crippen LogP contribution in [0.4, 0.5) is 0 Å². The number of rotatable bonds is 4. The Bertz CT molecular complexity index is 543. The van der Waals surface area contributed by atoms with Crippen LogP contribution in [0.5, 0.6) is 0 Å². The van der Waals surface area contributed by atoms with Crippen molar-refractivity contribution in [3.8, 4) is 6.07 Å². The number of nitrogens with one attached hydrogen (secondary N) is 1. The molecular formula is C14H17N3O4. The molecule has 0 bridgehead atoms. The summed E-state index contributed by atoms with van der Waals surface area (Å²) in [5.74, 6) is -0.574. The Morgan fingerprint density at radius 1 is 1.48 bits per heavy atom. The number of carbonyl (C=O) groups excluding carboxylic acids is 1. The van der Waals surface area contributed by atoms with Crippen molar-refractivity contribution in [2.24, 2.45) is 0 Å². The minimum absolute atomic E-state index is 0.117. The highest BCUT2D eigenvalue weighted by molar-refractivity contribution is 5.80. The second-order valence-electron chi connectivity index (χ2n) is 4.87. The van der Waals surface area contributed by atoms with Gasteiger partial charge >= 0.3 is 0 Å². The van der Waals surface area contributed by atoms with Crippen LogP contribution in [-0.4, -0.2) is 40.0 Å². The lowest BCUT2D eigenvalue weighted by molar-refractivity contribution is -0.224. The molecule has 0 aromatic heterocycles. The van der Waals surface area contributed by atoms with Crippen LogP contribution in [0.1, 0.15) is 24.0 Å². The number of hydrogen-bond donors (Lipinski definition) is 3. The molecular weight excluding hydrogens is 274 g/mol. The van der Waals surface area contributed by atoms with E-state index in [4.69, 9.17) is 15.3 Å². The van der Waals surface area contributed by atoms with Gasteiger partial charge in [0.15, 0.2) is 0 Å². The summed E-state index contributed by atoms with van der Waals surface area (Å²) >= 11 is 0. The van der Waals surface area contributed by atoms with Crippen LogP contribution in [0, 0.1) is 11.3 Å². The number of nitriles is 1. The lowest BCUT2D eigenvalue weighted by atomic mass is 10.0. The fourth-order valence-electron chi connectivity index (χ4n) is 2.31. The Hall–Kier alpha value is -1.98. The minimum Gasteiger partial charge on any atom is -0.392 e. The van der Waals surface area contributed by atoms with Crippen molar-refractivity contribution >= 4 is 5.91 Å². The van der Waals surface area contributed by atoms with Crippen molar-refractivity contribution in [2.75, 3.05) is 6.54 Å². The van der Waals surface area contributed by atoms with E-state index in [1.807, 2.05) is 0 Å². The zero-order chi connectivity index (χ0) is 15.2. The number of nitrogens with zero attached hydrogens (tertiary/aromatic N) is 2. The number of piperidine rings is 1. The molecule has 1 aliphatic heterocycles. The maximum atomic E-state index is 11.6. The SMILES string of the molecule is N#Cc1ccccc1CON1C[C@H](O)CC[C@@H]1C(=O)NO. The first kappa shape index (κ1) is 15.4. The largest absolute Gasteiger partial charge is 0.392 e. The molecule has 7 nitrogen and oxygen atoms in total. The quantitative estimate of drug-likeness (QED) is 0.545. The van der Waals surface area contributed by atoms with Gasteiger partial charge in [0, 0.05) is 0 Å². The van der Waals surface area contributed by atoms with Crippen LogP contribution in [0.15, 0.2) is 24.3 Å². The van der Waals surface area contributed by atoms with Crippen LogP contribution >= 0.6 is 0 Å². The molecule has 0 aliphatic carbocycles. The molecule has 0 unspecified atom stereocenters. The zero-order valence-corrected chi connectivity index (χ0v) is 11.4.